The van der Waals surface area contributed by atoms with E-state index in [1.165, 1.54) is 23.3 Å². The van der Waals surface area contributed by atoms with E-state index in [-0.39, 0.29) is 19.4 Å². The Morgan fingerprint density at radius 3 is 2.21 bits per heavy atom. The molecule has 0 unspecified atom stereocenters. The lowest BCUT2D eigenvalue weighted by Crippen LogP contribution is -2.58. The first-order valence-corrected chi connectivity index (χ1v) is 16.6. The van der Waals surface area contributed by atoms with Crippen LogP contribution < -0.4 is 10.6 Å². The van der Waals surface area contributed by atoms with Gasteiger partial charge in [-0.1, -0.05) is 81.4 Å². The second-order valence-corrected chi connectivity index (χ2v) is 13.7. The van der Waals surface area contributed by atoms with Crippen LogP contribution in [0.2, 0.25) is 0 Å². The summed E-state index contributed by atoms with van der Waals surface area (Å²) in [4.78, 5) is 49.2. The lowest BCUT2D eigenvalue weighted by molar-refractivity contribution is -0.127. The number of pyridine rings is 1. The molecule has 0 bridgehead atoms. The molecule has 3 amide bonds. The van der Waals surface area contributed by atoms with Crippen molar-refractivity contribution in [1.29, 1.82) is 0 Å². The van der Waals surface area contributed by atoms with Gasteiger partial charge in [0, 0.05) is 28.9 Å². The number of thiazole rings is 1. The van der Waals surface area contributed by atoms with Crippen LogP contribution in [-0.2, 0) is 28.9 Å². The van der Waals surface area contributed by atoms with Crippen LogP contribution in [0.4, 0.5) is 9.59 Å². The molecule has 2 aromatic carbocycles. The molecule has 0 saturated heterocycles. The van der Waals surface area contributed by atoms with Gasteiger partial charge in [0.15, 0.2) is 0 Å². The molecule has 254 valence electrons. The van der Waals surface area contributed by atoms with Crippen molar-refractivity contribution in [3.63, 3.8) is 0 Å². The van der Waals surface area contributed by atoms with Crippen LogP contribution in [0.25, 0.3) is 11.3 Å². The SMILES string of the molecule is COC(=O)N[C@H](C(=O)N[C@@H](Cc1ccccc1)[C@@H](O)C[C@H](Cc1ccc(-c2ccccn2)cc1)N(Cc1cncs1)C(=O)O)C(C)(C)C. The number of carboxylic acid groups (broad SMARTS) is 1. The number of ether oxygens (including phenoxy) is 1. The van der Waals surface area contributed by atoms with Crippen molar-refractivity contribution in [2.45, 2.75) is 70.8 Å². The van der Waals surface area contributed by atoms with Crippen LogP contribution in [0.1, 0.15) is 43.2 Å². The third-order valence-electron chi connectivity index (χ3n) is 8.06. The number of hydrogen-bond donors (Lipinski definition) is 4. The number of aliphatic hydroxyl groups is 1. The fourth-order valence-electron chi connectivity index (χ4n) is 5.49. The summed E-state index contributed by atoms with van der Waals surface area (Å²) in [5.41, 5.74) is 4.46. The number of benzene rings is 2. The molecule has 48 heavy (non-hydrogen) atoms. The summed E-state index contributed by atoms with van der Waals surface area (Å²) < 4.78 is 4.76. The molecule has 0 fully saturated rings. The van der Waals surface area contributed by atoms with Gasteiger partial charge in [0.25, 0.3) is 0 Å². The fourth-order valence-corrected chi connectivity index (χ4v) is 6.08. The molecule has 0 aliphatic carbocycles. The molecule has 0 saturated carbocycles. The summed E-state index contributed by atoms with van der Waals surface area (Å²) in [6.07, 6.45) is 0.925. The highest BCUT2D eigenvalue weighted by atomic mass is 32.1. The monoisotopic (exact) mass is 673 g/mol. The average molecular weight is 674 g/mol. The van der Waals surface area contributed by atoms with Gasteiger partial charge in [0.2, 0.25) is 5.91 Å². The number of amides is 3. The summed E-state index contributed by atoms with van der Waals surface area (Å²) >= 11 is 1.35. The Balaban J connectivity index is 1.64. The number of hydrogen-bond acceptors (Lipinski definition) is 8. The van der Waals surface area contributed by atoms with Gasteiger partial charge in [-0.3, -0.25) is 19.7 Å². The Kier molecular flexibility index (Phi) is 12.6. The molecule has 2 heterocycles. The molecular formula is C36H43N5O6S. The fraction of sp³-hybridized carbons (Fsp3) is 0.361. The van der Waals surface area contributed by atoms with E-state index < -0.39 is 47.7 Å². The van der Waals surface area contributed by atoms with Crippen LogP contribution in [0.15, 0.2) is 90.7 Å². The van der Waals surface area contributed by atoms with Crippen molar-refractivity contribution in [3.05, 3.63) is 107 Å². The maximum absolute atomic E-state index is 13.7. The second kappa shape index (κ2) is 16.8. The molecule has 4 aromatic rings. The Morgan fingerprint density at radius 2 is 1.62 bits per heavy atom. The summed E-state index contributed by atoms with van der Waals surface area (Å²) in [7, 11) is 1.22. The molecule has 0 aliphatic heterocycles. The number of carbonyl (C=O) groups is 3. The van der Waals surface area contributed by atoms with Crippen molar-refractivity contribution in [2.75, 3.05) is 7.11 Å². The number of nitrogens with zero attached hydrogens (tertiary/aromatic N) is 3. The molecule has 0 radical (unpaired) electrons. The topological polar surface area (TPSA) is 154 Å². The van der Waals surface area contributed by atoms with Crippen molar-refractivity contribution in [1.82, 2.24) is 25.5 Å². The van der Waals surface area contributed by atoms with Crippen molar-refractivity contribution in [3.8, 4) is 11.3 Å². The van der Waals surface area contributed by atoms with E-state index in [0.717, 1.165) is 27.3 Å². The Labute approximate surface area is 285 Å². The standard InChI is InChI=1S/C36H43N5O6S/c1-36(2,3)32(40-34(44)47-4)33(43)39-30(19-24-10-6-5-7-11-24)31(42)20-27(41(35(45)46)22-28-21-37-23-48-28)18-25-13-15-26(16-14-25)29-12-8-9-17-38-29/h5-17,21,23,27,30-32,42H,18-20,22H2,1-4H3,(H,39,43)(H,40,44)(H,45,46)/t27-,30-,31-,32+/m0/s1. The van der Waals surface area contributed by atoms with E-state index in [2.05, 4.69) is 20.6 Å². The van der Waals surface area contributed by atoms with Crippen LogP contribution >= 0.6 is 11.3 Å². The smallest absolute Gasteiger partial charge is 0.407 e. The van der Waals surface area contributed by atoms with Gasteiger partial charge >= 0.3 is 12.2 Å². The van der Waals surface area contributed by atoms with Gasteiger partial charge in [0.05, 0.1) is 37.0 Å². The van der Waals surface area contributed by atoms with E-state index in [9.17, 15) is 24.6 Å². The molecule has 12 heteroatoms. The highest BCUT2D eigenvalue weighted by molar-refractivity contribution is 7.09. The summed E-state index contributed by atoms with van der Waals surface area (Å²) in [5.74, 6) is -0.491. The van der Waals surface area contributed by atoms with Crippen molar-refractivity contribution >= 4 is 29.4 Å². The molecule has 4 rings (SSSR count). The Morgan fingerprint density at radius 1 is 0.938 bits per heavy atom. The largest absolute Gasteiger partial charge is 0.465 e. The maximum atomic E-state index is 13.7. The lowest BCUT2D eigenvalue weighted by atomic mass is 9.85. The van der Waals surface area contributed by atoms with Gasteiger partial charge in [-0.25, -0.2) is 9.59 Å². The predicted octanol–water partition coefficient (Wildman–Crippen LogP) is 5.55. The molecule has 4 N–H and O–H groups in total. The van der Waals surface area contributed by atoms with Gasteiger partial charge in [-0.05, 0) is 47.9 Å². The average Bonchev–Trinajstić information content (AvgIpc) is 3.59. The van der Waals surface area contributed by atoms with Gasteiger partial charge in [-0.15, -0.1) is 11.3 Å². The number of aliphatic hydroxyl groups excluding tert-OH is 1. The number of methoxy groups -OCH3 is 1. The van der Waals surface area contributed by atoms with Crippen LogP contribution in [0.3, 0.4) is 0 Å². The van der Waals surface area contributed by atoms with Crippen LogP contribution in [0.5, 0.6) is 0 Å². The van der Waals surface area contributed by atoms with Gasteiger partial charge in [0.1, 0.15) is 6.04 Å². The number of aromatic nitrogens is 2. The summed E-state index contributed by atoms with van der Waals surface area (Å²) in [6, 6.07) is 20.4. The third-order valence-corrected chi connectivity index (χ3v) is 8.83. The minimum absolute atomic E-state index is 0.0233. The lowest BCUT2D eigenvalue weighted by Gasteiger charge is -2.35. The number of rotatable bonds is 14. The Hall–Kier alpha value is -4.81. The van der Waals surface area contributed by atoms with E-state index >= 15 is 0 Å². The first-order valence-electron chi connectivity index (χ1n) is 15.7. The van der Waals surface area contributed by atoms with Crippen molar-refractivity contribution in [2.24, 2.45) is 5.41 Å². The zero-order chi connectivity index (χ0) is 34.7. The Bertz CT molecular complexity index is 1600. The highest BCUT2D eigenvalue weighted by Crippen LogP contribution is 2.25. The third kappa shape index (κ3) is 10.3. The highest BCUT2D eigenvalue weighted by Gasteiger charge is 2.36. The zero-order valence-electron chi connectivity index (χ0n) is 27.6. The van der Waals surface area contributed by atoms with Gasteiger partial charge in [-0.2, -0.15) is 0 Å². The molecule has 2 aromatic heterocycles. The summed E-state index contributed by atoms with van der Waals surface area (Å²) in [6.45, 7) is 5.54. The quantitative estimate of drug-likeness (QED) is 0.136. The molecular weight excluding hydrogens is 630 g/mol. The number of alkyl carbamates (subject to hydrolysis) is 1. The molecule has 11 nitrogen and oxygen atoms in total. The van der Waals surface area contributed by atoms with Crippen LogP contribution in [0, 0.1) is 5.41 Å². The second-order valence-electron chi connectivity index (χ2n) is 12.7. The predicted molar refractivity (Wildman–Crippen MR) is 184 cm³/mol. The zero-order valence-corrected chi connectivity index (χ0v) is 28.4. The summed E-state index contributed by atoms with van der Waals surface area (Å²) in [5, 5.41) is 27.9. The molecule has 0 aliphatic rings. The first-order chi connectivity index (χ1) is 22.9. The normalized spacial score (nSPS) is 13.9. The van der Waals surface area contributed by atoms with Crippen molar-refractivity contribution < 1.29 is 29.3 Å². The maximum Gasteiger partial charge on any atom is 0.407 e. The molecule has 0 spiro atoms. The number of nitrogens with one attached hydrogen (secondary N) is 2. The minimum atomic E-state index is -1.16. The van der Waals surface area contributed by atoms with E-state index in [1.54, 1.807) is 17.9 Å². The minimum Gasteiger partial charge on any atom is -0.465 e. The van der Waals surface area contributed by atoms with E-state index in [1.807, 2.05) is 93.6 Å². The van der Waals surface area contributed by atoms with Gasteiger partial charge < -0.3 is 25.6 Å². The number of carbonyl (C=O) groups excluding carboxylic acids is 2. The van der Waals surface area contributed by atoms with E-state index in [4.69, 9.17) is 4.74 Å². The molecule has 4 atom stereocenters. The first kappa shape index (κ1) is 36.0. The van der Waals surface area contributed by atoms with E-state index in [0.29, 0.717) is 6.42 Å². The van der Waals surface area contributed by atoms with Crippen LogP contribution in [-0.4, -0.2) is 74.5 Å².